The van der Waals surface area contributed by atoms with Gasteiger partial charge in [-0.15, -0.1) is 0 Å². The largest absolute Gasteiger partial charge is 0.504 e. The molecule has 0 saturated carbocycles. The predicted octanol–water partition coefficient (Wildman–Crippen LogP) is 6.19. The Labute approximate surface area is 173 Å². The molecule has 0 aromatic heterocycles. The molecular weight excluding hydrogens is 362 g/mol. The fraction of sp³-hybridized carbons (Fsp3) is 0.440. The third kappa shape index (κ3) is 3.93. The summed E-state index contributed by atoms with van der Waals surface area (Å²) >= 11 is 0. The fourth-order valence-electron chi connectivity index (χ4n) is 4.64. The van der Waals surface area contributed by atoms with Gasteiger partial charge in [-0.3, -0.25) is 0 Å². The molecule has 1 aliphatic carbocycles. The smallest absolute Gasteiger partial charge is 0.163 e. The summed E-state index contributed by atoms with van der Waals surface area (Å²) in [5, 5.41) is 14.4. The molecule has 4 rings (SSSR count). The molecule has 0 bridgehead atoms. The molecule has 0 spiro atoms. The molecule has 4 heteroatoms. The van der Waals surface area contributed by atoms with Crippen LogP contribution < -0.4 is 14.8 Å². The summed E-state index contributed by atoms with van der Waals surface area (Å²) in [4.78, 5) is 0. The van der Waals surface area contributed by atoms with E-state index >= 15 is 0 Å². The molecule has 0 saturated heterocycles. The lowest BCUT2D eigenvalue weighted by Gasteiger charge is -2.38. The molecule has 29 heavy (non-hydrogen) atoms. The highest BCUT2D eigenvalue weighted by Crippen LogP contribution is 2.52. The number of methoxy groups -OCH3 is 1. The molecule has 2 aromatic rings. The Kier molecular flexibility index (Phi) is 5.98. The standard InChI is InChI=1S/C25H31NO3/c1-3-4-5-6-15-29-17-13-14-22-21(16-17)18-9-7-10-19(18)24(26-22)20-11-8-12-23(28-2)25(20)27/h7-9,11-14,16,18-19,24,26-27H,3-6,10,15H2,1-2H3. The van der Waals surface area contributed by atoms with Crippen molar-refractivity contribution in [2.24, 2.45) is 5.92 Å². The second kappa shape index (κ2) is 8.81. The SMILES string of the molecule is CCCCCCOc1ccc2c(c1)C1C=CCC1C(c1cccc(OC)c1O)N2. The first-order valence-electron chi connectivity index (χ1n) is 10.8. The van der Waals surface area contributed by atoms with E-state index in [1.165, 1.54) is 24.8 Å². The van der Waals surface area contributed by atoms with Gasteiger partial charge in [0.15, 0.2) is 11.5 Å². The Hall–Kier alpha value is -2.62. The number of nitrogens with one attached hydrogen (secondary N) is 1. The zero-order valence-electron chi connectivity index (χ0n) is 17.4. The molecule has 1 heterocycles. The third-order valence-corrected chi connectivity index (χ3v) is 6.19. The monoisotopic (exact) mass is 393 g/mol. The van der Waals surface area contributed by atoms with Gasteiger partial charge in [0.1, 0.15) is 5.75 Å². The Morgan fingerprint density at radius 3 is 2.83 bits per heavy atom. The Morgan fingerprint density at radius 2 is 2.00 bits per heavy atom. The number of phenols is 1. The van der Waals surface area contributed by atoms with E-state index in [2.05, 4.69) is 36.5 Å². The number of para-hydroxylation sites is 1. The molecule has 4 nitrogen and oxygen atoms in total. The van der Waals surface area contributed by atoms with E-state index in [1.807, 2.05) is 18.2 Å². The summed E-state index contributed by atoms with van der Waals surface area (Å²) in [5.41, 5.74) is 3.29. The maximum Gasteiger partial charge on any atom is 0.163 e. The minimum absolute atomic E-state index is 0.0402. The van der Waals surface area contributed by atoms with Crippen molar-refractivity contribution in [2.45, 2.75) is 51.0 Å². The van der Waals surface area contributed by atoms with Crippen LogP contribution in [0.2, 0.25) is 0 Å². The highest BCUT2D eigenvalue weighted by molar-refractivity contribution is 5.63. The number of allylic oxidation sites excluding steroid dienone is 2. The molecule has 154 valence electrons. The number of aromatic hydroxyl groups is 1. The first kappa shape index (κ1) is 19.7. The summed E-state index contributed by atoms with van der Waals surface area (Å²) in [7, 11) is 1.59. The topological polar surface area (TPSA) is 50.7 Å². The quantitative estimate of drug-likeness (QED) is 0.415. The molecule has 0 radical (unpaired) electrons. The maximum absolute atomic E-state index is 10.7. The minimum Gasteiger partial charge on any atom is -0.504 e. The van der Waals surface area contributed by atoms with Crippen molar-refractivity contribution in [3.8, 4) is 17.2 Å². The molecule has 2 aromatic carbocycles. The van der Waals surface area contributed by atoms with Gasteiger partial charge < -0.3 is 19.9 Å². The first-order valence-corrected chi connectivity index (χ1v) is 10.8. The molecule has 1 aliphatic heterocycles. The molecule has 0 fully saturated rings. The van der Waals surface area contributed by atoms with Gasteiger partial charge in [0.05, 0.1) is 19.8 Å². The van der Waals surface area contributed by atoms with E-state index in [9.17, 15) is 5.11 Å². The summed E-state index contributed by atoms with van der Waals surface area (Å²) in [6.07, 6.45) is 10.4. The van der Waals surface area contributed by atoms with Crippen LogP contribution in [0, 0.1) is 5.92 Å². The van der Waals surface area contributed by atoms with Gasteiger partial charge >= 0.3 is 0 Å². The molecule has 3 unspecified atom stereocenters. The molecule has 3 atom stereocenters. The molecular formula is C25H31NO3. The van der Waals surface area contributed by atoms with Crippen LogP contribution in [-0.2, 0) is 0 Å². The van der Waals surface area contributed by atoms with E-state index < -0.39 is 0 Å². The van der Waals surface area contributed by atoms with Gasteiger partial charge in [-0.25, -0.2) is 0 Å². The van der Waals surface area contributed by atoms with E-state index in [0.29, 0.717) is 17.6 Å². The van der Waals surface area contributed by atoms with Crippen LogP contribution in [0.25, 0.3) is 0 Å². The minimum atomic E-state index is 0.0402. The number of rotatable bonds is 8. The van der Waals surface area contributed by atoms with Crippen LogP contribution in [0.4, 0.5) is 5.69 Å². The zero-order valence-corrected chi connectivity index (χ0v) is 17.4. The van der Waals surface area contributed by atoms with Crippen molar-refractivity contribution >= 4 is 5.69 Å². The molecule has 2 aliphatic rings. The number of ether oxygens (including phenoxy) is 2. The van der Waals surface area contributed by atoms with Crippen molar-refractivity contribution in [1.29, 1.82) is 0 Å². The lowest BCUT2D eigenvalue weighted by Crippen LogP contribution is -2.29. The zero-order chi connectivity index (χ0) is 20.2. The summed E-state index contributed by atoms with van der Waals surface area (Å²) in [6.45, 7) is 3.00. The Bertz CT molecular complexity index is 876. The number of hydrogen-bond acceptors (Lipinski definition) is 4. The van der Waals surface area contributed by atoms with Crippen LogP contribution >= 0.6 is 0 Å². The van der Waals surface area contributed by atoms with Crippen LogP contribution in [0.5, 0.6) is 17.2 Å². The normalized spacial score (nSPS) is 21.9. The van der Waals surface area contributed by atoms with Crippen LogP contribution in [-0.4, -0.2) is 18.8 Å². The van der Waals surface area contributed by atoms with Crippen molar-refractivity contribution < 1.29 is 14.6 Å². The highest BCUT2D eigenvalue weighted by atomic mass is 16.5. The fourth-order valence-corrected chi connectivity index (χ4v) is 4.64. The summed E-state index contributed by atoms with van der Waals surface area (Å²) < 4.78 is 11.3. The van der Waals surface area contributed by atoms with Gasteiger partial charge in [-0.05, 0) is 48.6 Å². The highest BCUT2D eigenvalue weighted by Gasteiger charge is 2.39. The first-order chi connectivity index (χ1) is 14.2. The average molecular weight is 394 g/mol. The Morgan fingerprint density at radius 1 is 1.10 bits per heavy atom. The van der Waals surface area contributed by atoms with Crippen molar-refractivity contribution in [2.75, 3.05) is 19.0 Å². The van der Waals surface area contributed by atoms with E-state index in [1.54, 1.807) is 13.2 Å². The van der Waals surface area contributed by atoms with Crippen LogP contribution in [0.15, 0.2) is 48.6 Å². The third-order valence-electron chi connectivity index (χ3n) is 6.19. The van der Waals surface area contributed by atoms with Gasteiger partial charge in [-0.2, -0.15) is 0 Å². The number of phenolic OH excluding ortho intramolecular Hbond substituents is 1. The lowest BCUT2D eigenvalue weighted by atomic mass is 9.76. The van der Waals surface area contributed by atoms with E-state index in [0.717, 1.165) is 36.4 Å². The van der Waals surface area contributed by atoms with Gasteiger partial charge in [-0.1, -0.05) is 50.5 Å². The van der Waals surface area contributed by atoms with Gasteiger partial charge in [0.25, 0.3) is 0 Å². The lowest BCUT2D eigenvalue weighted by molar-refractivity contribution is 0.304. The number of hydrogen-bond donors (Lipinski definition) is 2. The van der Waals surface area contributed by atoms with Crippen LogP contribution in [0.1, 0.15) is 62.1 Å². The maximum atomic E-state index is 10.7. The number of anilines is 1. The average Bonchev–Trinajstić information content (AvgIpc) is 3.24. The number of unbranched alkanes of at least 4 members (excludes halogenated alkanes) is 3. The second-order valence-corrected chi connectivity index (χ2v) is 8.03. The van der Waals surface area contributed by atoms with E-state index in [-0.39, 0.29) is 11.8 Å². The summed E-state index contributed by atoms with van der Waals surface area (Å²) in [5.74, 6) is 2.38. The van der Waals surface area contributed by atoms with Crippen molar-refractivity contribution in [3.63, 3.8) is 0 Å². The Balaban J connectivity index is 1.56. The predicted molar refractivity (Wildman–Crippen MR) is 117 cm³/mol. The number of benzene rings is 2. The van der Waals surface area contributed by atoms with Crippen molar-refractivity contribution in [1.82, 2.24) is 0 Å². The summed E-state index contributed by atoms with van der Waals surface area (Å²) in [6, 6.07) is 12.1. The van der Waals surface area contributed by atoms with Gasteiger partial charge in [0.2, 0.25) is 0 Å². The number of fused-ring (bicyclic) bond motifs is 3. The van der Waals surface area contributed by atoms with Crippen LogP contribution in [0.3, 0.4) is 0 Å². The van der Waals surface area contributed by atoms with Gasteiger partial charge in [0, 0.05) is 17.2 Å². The van der Waals surface area contributed by atoms with E-state index in [4.69, 9.17) is 9.47 Å². The molecule has 0 amide bonds. The molecule has 2 N–H and O–H groups in total. The second-order valence-electron chi connectivity index (χ2n) is 8.03. The van der Waals surface area contributed by atoms with Crippen molar-refractivity contribution in [3.05, 3.63) is 59.7 Å².